The van der Waals surface area contributed by atoms with Crippen LogP contribution in [0.1, 0.15) is 30.9 Å². The lowest BCUT2D eigenvalue weighted by molar-refractivity contribution is 0.0173. The van der Waals surface area contributed by atoms with Gasteiger partial charge in [0.25, 0.3) is 0 Å². The molecule has 0 amide bonds. The van der Waals surface area contributed by atoms with Gasteiger partial charge in [-0.1, -0.05) is 24.3 Å². The molecule has 20 heavy (non-hydrogen) atoms. The first-order chi connectivity index (χ1) is 9.48. The molecule has 2 unspecified atom stereocenters. The molecule has 0 bridgehead atoms. The maximum absolute atomic E-state index is 12.1. The van der Waals surface area contributed by atoms with Gasteiger partial charge < -0.3 is 9.84 Å². The van der Waals surface area contributed by atoms with Crippen LogP contribution >= 0.6 is 0 Å². The van der Waals surface area contributed by atoms with Gasteiger partial charge in [-0.2, -0.15) is 0 Å². The maximum atomic E-state index is 12.1. The summed E-state index contributed by atoms with van der Waals surface area (Å²) in [7, 11) is -3.35. The van der Waals surface area contributed by atoms with Gasteiger partial charge in [-0.3, -0.25) is 0 Å². The number of aliphatic hydroxyl groups is 1. The normalized spacial score (nSPS) is 23.7. The fraction of sp³-hybridized carbons (Fsp3) is 0.571. The number of aliphatic hydroxyl groups excluding tert-OH is 1. The molecule has 0 radical (unpaired) electrons. The monoisotopic (exact) mass is 299 g/mol. The molecule has 1 aromatic rings. The van der Waals surface area contributed by atoms with Crippen LogP contribution in [-0.4, -0.2) is 32.3 Å². The Hall–Kier alpha value is -0.950. The van der Waals surface area contributed by atoms with Crippen molar-refractivity contribution in [2.45, 2.75) is 44.3 Å². The average molecular weight is 299 g/mol. The van der Waals surface area contributed by atoms with Crippen molar-refractivity contribution in [3.63, 3.8) is 0 Å². The Bertz CT molecular complexity index is 527. The van der Waals surface area contributed by atoms with E-state index in [2.05, 4.69) is 4.72 Å². The summed E-state index contributed by atoms with van der Waals surface area (Å²) in [5.74, 6) is -0.0373. The molecular formula is C14H21NO4S. The number of benzene rings is 1. The minimum atomic E-state index is -3.35. The number of ether oxygens (including phenoxy) is 1. The zero-order valence-corrected chi connectivity index (χ0v) is 12.4. The van der Waals surface area contributed by atoms with Gasteiger partial charge in [0, 0.05) is 12.6 Å². The number of nitrogens with one attached hydrogen (secondary N) is 1. The number of rotatable bonds is 5. The molecule has 2 N–H and O–H groups in total. The number of sulfonamides is 1. The fourth-order valence-electron chi connectivity index (χ4n) is 2.36. The van der Waals surface area contributed by atoms with Gasteiger partial charge in [0.15, 0.2) is 0 Å². The van der Waals surface area contributed by atoms with E-state index in [4.69, 9.17) is 9.84 Å². The standard InChI is InChI=1S/C14H21NO4S/c1-11-8-14(6-7-19-11)15-20(17,18)10-13-4-2-12(9-16)3-5-13/h2-5,11,14-16H,6-10H2,1H3. The summed E-state index contributed by atoms with van der Waals surface area (Å²) in [6.07, 6.45) is 1.52. The topological polar surface area (TPSA) is 75.6 Å². The van der Waals surface area contributed by atoms with Crippen LogP contribution in [0.25, 0.3) is 0 Å². The third kappa shape index (κ3) is 4.56. The number of hydrogen-bond donors (Lipinski definition) is 2. The van der Waals surface area contributed by atoms with Crippen molar-refractivity contribution in [3.8, 4) is 0 Å². The summed E-state index contributed by atoms with van der Waals surface area (Å²) in [5, 5.41) is 8.96. The molecule has 0 aliphatic carbocycles. The molecule has 0 aromatic heterocycles. The van der Waals surface area contributed by atoms with Crippen LogP contribution in [0.15, 0.2) is 24.3 Å². The highest BCUT2D eigenvalue weighted by atomic mass is 32.2. The summed E-state index contributed by atoms with van der Waals surface area (Å²) in [6, 6.07) is 6.90. The first-order valence-corrected chi connectivity index (χ1v) is 8.44. The smallest absolute Gasteiger partial charge is 0.216 e. The van der Waals surface area contributed by atoms with Crippen LogP contribution in [0.2, 0.25) is 0 Å². The third-order valence-electron chi connectivity index (χ3n) is 3.39. The Morgan fingerprint density at radius 1 is 1.30 bits per heavy atom. The van der Waals surface area contributed by atoms with Gasteiger partial charge in [-0.25, -0.2) is 13.1 Å². The third-order valence-corrected chi connectivity index (χ3v) is 4.80. The van der Waals surface area contributed by atoms with Crippen molar-refractivity contribution in [2.75, 3.05) is 6.61 Å². The average Bonchev–Trinajstić information content (AvgIpc) is 2.38. The highest BCUT2D eigenvalue weighted by molar-refractivity contribution is 7.88. The fourth-order valence-corrected chi connectivity index (χ4v) is 3.80. The highest BCUT2D eigenvalue weighted by Gasteiger charge is 2.24. The van der Waals surface area contributed by atoms with Gasteiger partial charge in [-0.05, 0) is 30.9 Å². The van der Waals surface area contributed by atoms with Gasteiger partial charge in [0.1, 0.15) is 0 Å². The Balaban J connectivity index is 1.95. The van der Waals surface area contributed by atoms with Gasteiger partial charge in [-0.15, -0.1) is 0 Å². The second-order valence-corrected chi connectivity index (χ2v) is 7.01. The molecule has 2 atom stereocenters. The van der Waals surface area contributed by atoms with Crippen LogP contribution in [0.5, 0.6) is 0 Å². The van der Waals surface area contributed by atoms with Gasteiger partial charge in [0.2, 0.25) is 10.0 Å². The van der Waals surface area contributed by atoms with E-state index in [-0.39, 0.29) is 24.5 Å². The summed E-state index contributed by atoms with van der Waals surface area (Å²) in [4.78, 5) is 0. The molecule has 0 spiro atoms. The summed E-state index contributed by atoms with van der Waals surface area (Å²) in [5.41, 5.74) is 1.49. The largest absolute Gasteiger partial charge is 0.392 e. The zero-order chi connectivity index (χ0) is 14.6. The quantitative estimate of drug-likeness (QED) is 0.855. The molecule has 2 rings (SSSR count). The minimum Gasteiger partial charge on any atom is -0.392 e. The molecule has 1 aliphatic rings. The summed E-state index contributed by atoms with van der Waals surface area (Å²) >= 11 is 0. The van der Waals surface area contributed by atoms with E-state index in [9.17, 15) is 8.42 Å². The SMILES string of the molecule is CC1CC(NS(=O)(=O)Cc2ccc(CO)cc2)CCO1. The lowest BCUT2D eigenvalue weighted by atomic mass is 10.1. The molecular weight excluding hydrogens is 278 g/mol. The van der Waals surface area contributed by atoms with E-state index >= 15 is 0 Å². The molecule has 1 fully saturated rings. The predicted octanol–water partition coefficient (Wildman–Crippen LogP) is 1.17. The Labute approximate surface area is 120 Å². The van der Waals surface area contributed by atoms with Crippen LogP contribution in [0.3, 0.4) is 0 Å². The summed E-state index contributed by atoms with van der Waals surface area (Å²) < 4.78 is 32.4. The molecule has 1 heterocycles. The van der Waals surface area contributed by atoms with Gasteiger partial charge >= 0.3 is 0 Å². The van der Waals surface area contributed by atoms with Crippen molar-refractivity contribution in [3.05, 3.63) is 35.4 Å². The molecule has 1 aliphatic heterocycles. The van der Waals surface area contributed by atoms with Crippen LogP contribution in [-0.2, 0) is 27.1 Å². The van der Waals surface area contributed by atoms with Crippen molar-refractivity contribution in [1.82, 2.24) is 4.72 Å². The van der Waals surface area contributed by atoms with E-state index in [1.165, 1.54) is 0 Å². The Morgan fingerprint density at radius 2 is 1.95 bits per heavy atom. The minimum absolute atomic E-state index is 0.0365. The van der Waals surface area contributed by atoms with Crippen molar-refractivity contribution >= 4 is 10.0 Å². The van der Waals surface area contributed by atoms with Gasteiger partial charge in [0.05, 0.1) is 18.5 Å². The summed E-state index contributed by atoms with van der Waals surface area (Å²) in [6.45, 7) is 2.51. The van der Waals surface area contributed by atoms with Crippen molar-refractivity contribution in [1.29, 1.82) is 0 Å². The van der Waals surface area contributed by atoms with Crippen molar-refractivity contribution < 1.29 is 18.3 Å². The molecule has 1 saturated heterocycles. The second kappa shape index (κ2) is 6.67. The molecule has 0 saturated carbocycles. The zero-order valence-electron chi connectivity index (χ0n) is 11.6. The molecule has 112 valence electrons. The van der Waals surface area contributed by atoms with Crippen LogP contribution in [0, 0.1) is 0 Å². The predicted molar refractivity (Wildman–Crippen MR) is 76.6 cm³/mol. The van der Waals surface area contributed by atoms with E-state index in [0.717, 1.165) is 11.1 Å². The lowest BCUT2D eigenvalue weighted by Gasteiger charge is -2.27. The van der Waals surface area contributed by atoms with E-state index in [1.54, 1.807) is 24.3 Å². The van der Waals surface area contributed by atoms with E-state index in [0.29, 0.717) is 19.4 Å². The van der Waals surface area contributed by atoms with Crippen LogP contribution < -0.4 is 4.72 Å². The molecule has 5 nitrogen and oxygen atoms in total. The maximum Gasteiger partial charge on any atom is 0.216 e. The first-order valence-electron chi connectivity index (χ1n) is 6.79. The Morgan fingerprint density at radius 3 is 2.55 bits per heavy atom. The van der Waals surface area contributed by atoms with Crippen LogP contribution in [0.4, 0.5) is 0 Å². The van der Waals surface area contributed by atoms with E-state index < -0.39 is 10.0 Å². The van der Waals surface area contributed by atoms with E-state index in [1.807, 2.05) is 6.92 Å². The molecule has 1 aromatic carbocycles. The molecule has 6 heteroatoms. The lowest BCUT2D eigenvalue weighted by Crippen LogP contribution is -2.41. The number of hydrogen-bond acceptors (Lipinski definition) is 4. The van der Waals surface area contributed by atoms with Crippen molar-refractivity contribution in [2.24, 2.45) is 0 Å². The Kier molecular flexibility index (Phi) is 5.15. The second-order valence-electron chi connectivity index (χ2n) is 5.25. The highest BCUT2D eigenvalue weighted by Crippen LogP contribution is 2.15. The first kappa shape index (κ1) is 15.4.